The van der Waals surface area contributed by atoms with E-state index < -0.39 is 11.2 Å². The van der Waals surface area contributed by atoms with Gasteiger partial charge < -0.3 is 0 Å². The summed E-state index contributed by atoms with van der Waals surface area (Å²) in [6.45, 7) is 3.60. The van der Waals surface area contributed by atoms with Crippen molar-refractivity contribution in [3.63, 3.8) is 0 Å². The first-order chi connectivity index (χ1) is 8.90. The second-order valence-electron chi connectivity index (χ2n) is 4.49. The van der Waals surface area contributed by atoms with E-state index in [0.717, 1.165) is 16.7 Å². The van der Waals surface area contributed by atoms with Crippen molar-refractivity contribution < 1.29 is 8.78 Å². The lowest BCUT2D eigenvalue weighted by atomic mass is 9.95. The second-order valence-corrected chi connectivity index (χ2v) is 5.33. The van der Waals surface area contributed by atoms with Crippen molar-refractivity contribution in [2.75, 3.05) is 0 Å². The first-order valence-electron chi connectivity index (χ1n) is 5.76. The Labute approximate surface area is 121 Å². The van der Waals surface area contributed by atoms with E-state index >= 15 is 0 Å². The molecule has 0 aromatic heterocycles. The quantitative estimate of drug-likeness (QED) is 0.637. The van der Waals surface area contributed by atoms with Crippen LogP contribution in [0.25, 0.3) is 0 Å². The van der Waals surface area contributed by atoms with Crippen LogP contribution in [-0.2, 0) is 0 Å². The van der Waals surface area contributed by atoms with Crippen LogP contribution in [0.1, 0.15) is 27.6 Å². The molecule has 0 saturated heterocycles. The number of hydrogen-bond acceptors (Lipinski definition) is 0. The Hall–Kier alpha value is -1.12. The van der Waals surface area contributed by atoms with Gasteiger partial charge in [-0.1, -0.05) is 17.7 Å². The lowest BCUT2D eigenvalue weighted by Gasteiger charge is -2.17. The molecule has 0 bridgehead atoms. The zero-order chi connectivity index (χ0) is 14.2. The summed E-state index contributed by atoms with van der Waals surface area (Å²) in [5.41, 5.74) is 3.03. The molecular formula is C15H12Cl2F2. The summed E-state index contributed by atoms with van der Waals surface area (Å²) >= 11 is 12.2. The number of halogens is 4. The van der Waals surface area contributed by atoms with E-state index in [1.165, 1.54) is 24.3 Å². The van der Waals surface area contributed by atoms with E-state index in [2.05, 4.69) is 0 Å². The molecule has 0 aliphatic carbocycles. The van der Waals surface area contributed by atoms with Crippen LogP contribution < -0.4 is 0 Å². The van der Waals surface area contributed by atoms with Crippen molar-refractivity contribution in [1.82, 2.24) is 0 Å². The van der Waals surface area contributed by atoms with Gasteiger partial charge >= 0.3 is 0 Å². The van der Waals surface area contributed by atoms with Crippen LogP contribution in [0.2, 0.25) is 5.02 Å². The van der Waals surface area contributed by atoms with Crippen LogP contribution in [0, 0.1) is 25.5 Å². The average molecular weight is 301 g/mol. The van der Waals surface area contributed by atoms with Crippen molar-refractivity contribution in [2.45, 2.75) is 19.2 Å². The molecular weight excluding hydrogens is 289 g/mol. The molecule has 4 heteroatoms. The zero-order valence-electron chi connectivity index (χ0n) is 10.5. The van der Waals surface area contributed by atoms with Gasteiger partial charge in [0, 0.05) is 0 Å². The Morgan fingerprint density at radius 3 is 2.11 bits per heavy atom. The van der Waals surface area contributed by atoms with Gasteiger partial charge in [-0.25, -0.2) is 8.78 Å². The molecule has 0 heterocycles. The summed E-state index contributed by atoms with van der Waals surface area (Å²) in [5, 5.41) is -0.459. The predicted molar refractivity (Wildman–Crippen MR) is 75.0 cm³/mol. The van der Waals surface area contributed by atoms with Gasteiger partial charge in [-0.15, -0.1) is 11.6 Å². The third kappa shape index (κ3) is 2.90. The third-order valence-corrected chi connectivity index (χ3v) is 3.81. The molecule has 0 spiro atoms. The molecule has 0 saturated carbocycles. The molecule has 0 fully saturated rings. The minimum atomic E-state index is -0.487. The molecule has 0 nitrogen and oxygen atoms in total. The number of aryl methyl sites for hydroxylation is 2. The Kier molecular flexibility index (Phi) is 4.12. The summed E-state index contributed by atoms with van der Waals surface area (Å²) in [5.74, 6) is -0.776. The highest BCUT2D eigenvalue weighted by Crippen LogP contribution is 2.35. The number of benzene rings is 2. The average Bonchev–Trinajstić information content (AvgIpc) is 2.31. The maximum Gasteiger partial charge on any atom is 0.141 e. The Bertz CT molecular complexity index is 601. The van der Waals surface area contributed by atoms with Gasteiger partial charge in [-0.05, 0) is 60.4 Å². The molecule has 19 heavy (non-hydrogen) atoms. The van der Waals surface area contributed by atoms with Gasteiger partial charge in [0.2, 0.25) is 0 Å². The van der Waals surface area contributed by atoms with Gasteiger partial charge in [0.05, 0.1) is 10.4 Å². The van der Waals surface area contributed by atoms with Crippen LogP contribution >= 0.6 is 23.2 Å². The van der Waals surface area contributed by atoms with Crippen molar-refractivity contribution in [3.8, 4) is 0 Å². The summed E-state index contributed by atoms with van der Waals surface area (Å²) in [7, 11) is 0. The maximum absolute atomic E-state index is 13.3. The van der Waals surface area contributed by atoms with E-state index in [1.54, 1.807) is 19.9 Å². The van der Waals surface area contributed by atoms with Crippen molar-refractivity contribution in [2.24, 2.45) is 0 Å². The molecule has 0 aliphatic rings. The molecule has 1 atom stereocenters. The van der Waals surface area contributed by atoms with Gasteiger partial charge in [0.1, 0.15) is 11.6 Å². The molecule has 0 amide bonds. The fraction of sp³-hybridized carbons (Fsp3) is 0.200. The van der Waals surface area contributed by atoms with Gasteiger partial charge in [-0.3, -0.25) is 0 Å². The standard InChI is InChI=1S/C15H12Cl2F2/c1-8-5-11(18)6-9(2)14(8)15(17)10-3-4-13(19)12(16)7-10/h3-7,15H,1-2H3. The minimum Gasteiger partial charge on any atom is -0.207 e. The number of rotatable bonds is 2. The molecule has 0 aliphatic heterocycles. The normalized spacial score (nSPS) is 12.5. The van der Waals surface area contributed by atoms with Crippen molar-refractivity contribution >= 4 is 23.2 Å². The molecule has 2 aromatic rings. The summed E-state index contributed by atoms with van der Waals surface area (Å²) in [6, 6.07) is 7.23. The van der Waals surface area contributed by atoms with Crippen LogP contribution in [0.15, 0.2) is 30.3 Å². The van der Waals surface area contributed by atoms with Crippen LogP contribution in [-0.4, -0.2) is 0 Å². The molecule has 0 radical (unpaired) electrons. The highest BCUT2D eigenvalue weighted by atomic mass is 35.5. The summed E-state index contributed by atoms with van der Waals surface area (Å²) in [4.78, 5) is 0. The van der Waals surface area contributed by atoms with Crippen LogP contribution in [0.4, 0.5) is 8.78 Å². The number of hydrogen-bond donors (Lipinski definition) is 0. The highest BCUT2D eigenvalue weighted by Gasteiger charge is 2.17. The number of alkyl halides is 1. The predicted octanol–water partition coefficient (Wildman–Crippen LogP) is 5.56. The summed E-state index contributed by atoms with van der Waals surface area (Å²) < 4.78 is 26.4. The molecule has 2 aromatic carbocycles. The van der Waals surface area contributed by atoms with E-state index in [4.69, 9.17) is 23.2 Å². The lowest BCUT2D eigenvalue weighted by molar-refractivity contribution is 0.624. The van der Waals surface area contributed by atoms with Gasteiger partial charge in [0.15, 0.2) is 0 Å². The summed E-state index contributed by atoms with van der Waals surface area (Å²) in [6.07, 6.45) is 0. The monoisotopic (exact) mass is 300 g/mol. The van der Waals surface area contributed by atoms with Crippen molar-refractivity contribution in [3.05, 3.63) is 69.2 Å². The van der Waals surface area contributed by atoms with E-state index in [1.807, 2.05) is 0 Å². The molecule has 0 N–H and O–H groups in total. The molecule has 2 rings (SSSR count). The minimum absolute atomic E-state index is 0.0283. The third-order valence-electron chi connectivity index (χ3n) is 3.05. The first kappa shape index (κ1) is 14.3. The first-order valence-corrected chi connectivity index (χ1v) is 6.57. The van der Waals surface area contributed by atoms with Gasteiger partial charge in [0.25, 0.3) is 0 Å². The van der Waals surface area contributed by atoms with E-state index in [-0.39, 0.29) is 10.8 Å². The lowest BCUT2D eigenvalue weighted by Crippen LogP contribution is -2.01. The largest absolute Gasteiger partial charge is 0.207 e. The smallest absolute Gasteiger partial charge is 0.141 e. The SMILES string of the molecule is Cc1cc(F)cc(C)c1C(Cl)c1ccc(F)c(Cl)c1. The van der Waals surface area contributed by atoms with Crippen LogP contribution in [0.3, 0.4) is 0 Å². The van der Waals surface area contributed by atoms with Gasteiger partial charge in [-0.2, -0.15) is 0 Å². The zero-order valence-corrected chi connectivity index (χ0v) is 12.0. The van der Waals surface area contributed by atoms with Crippen molar-refractivity contribution in [1.29, 1.82) is 0 Å². The Morgan fingerprint density at radius 2 is 1.58 bits per heavy atom. The molecule has 1 unspecified atom stereocenters. The van der Waals surface area contributed by atoms with Crippen LogP contribution in [0.5, 0.6) is 0 Å². The van der Waals surface area contributed by atoms with E-state index in [9.17, 15) is 8.78 Å². The van der Waals surface area contributed by atoms with E-state index in [0.29, 0.717) is 5.56 Å². The molecule has 100 valence electrons. The second kappa shape index (κ2) is 5.48. The fourth-order valence-electron chi connectivity index (χ4n) is 2.16. The fourth-order valence-corrected chi connectivity index (χ4v) is 2.83. The topological polar surface area (TPSA) is 0 Å². The Morgan fingerprint density at radius 1 is 1.00 bits per heavy atom. The highest BCUT2D eigenvalue weighted by molar-refractivity contribution is 6.31. The maximum atomic E-state index is 13.3. The Balaban J connectivity index is 2.49.